The fourth-order valence-electron chi connectivity index (χ4n) is 2.33. The van der Waals surface area contributed by atoms with Crippen molar-refractivity contribution in [1.29, 1.82) is 0 Å². The second-order valence-corrected chi connectivity index (χ2v) is 6.35. The zero-order chi connectivity index (χ0) is 16.7. The highest BCUT2D eigenvalue weighted by Crippen LogP contribution is 2.13. The Balaban J connectivity index is 1.84. The van der Waals surface area contributed by atoms with Crippen LogP contribution in [0, 0.1) is 6.92 Å². The van der Waals surface area contributed by atoms with Crippen molar-refractivity contribution in [3.05, 3.63) is 45.9 Å². The van der Waals surface area contributed by atoms with Gasteiger partial charge in [-0.15, -0.1) is 11.3 Å². The summed E-state index contributed by atoms with van der Waals surface area (Å²) < 4.78 is 5.25. The van der Waals surface area contributed by atoms with E-state index in [1.54, 1.807) is 25.5 Å². The molecule has 0 aliphatic rings. The molecule has 0 amide bonds. The Morgan fingerprint density at radius 1 is 1.43 bits per heavy atom. The first-order chi connectivity index (χ1) is 11.1. The van der Waals surface area contributed by atoms with Gasteiger partial charge in [0.05, 0.1) is 24.4 Å². The zero-order valence-electron chi connectivity index (χ0n) is 14.2. The summed E-state index contributed by atoms with van der Waals surface area (Å²) in [6.07, 6.45) is 0.917. The SMILES string of the molecule is CN=C(NCCc1cccc(OC)c1)N(C)Cc1csc(C)n1. The number of methoxy groups -OCH3 is 1. The van der Waals surface area contributed by atoms with Crippen LogP contribution in [-0.2, 0) is 13.0 Å². The number of rotatable bonds is 6. The maximum absolute atomic E-state index is 5.25. The van der Waals surface area contributed by atoms with E-state index in [4.69, 9.17) is 4.74 Å². The fourth-order valence-corrected chi connectivity index (χ4v) is 2.93. The van der Waals surface area contributed by atoms with Crippen LogP contribution in [0.1, 0.15) is 16.3 Å². The van der Waals surface area contributed by atoms with Gasteiger partial charge in [0.1, 0.15) is 5.75 Å². The Hall–Kier alpha value is -2.08. The predicted octanol–water partition coefficient (Wildman–Crippen LogP) is 2.71. The van der Waals surface area contributed by atoms with E-state index in [0.29, 0.717) is 0 Å². The van der Waals surface area contributed by atoms with Crippen LogP contribution in [-0.4, -0.2) is 43.6 Å². The average molecular weight is 332 g/mol. The smallest absolute Gasteiger partial charge is 0.193 e. The van der Waals surface area contributed by atoms with Crippen molar-refractivity contribution in [3.63, 3.8) is 0 Å². The van der Waals surface area contributed by atoms with Crippen molar-refractivity contribution in [2.24, 2.45) is 4.99 Å². The summed E-state index contributed by atoms with van der Waals surface area (Å²) in [6, 6.07) is 8.14. The number of aryl methyl sites for hydroxylation is 1. The van der Waals surface area contributed by atoms with Gasteiger partial charge in [-0.1, -0.05) is 12.1 Å². The maximum Gasteiger partial charge on any atom is 0.193 e. The van der Waals surface area contributed by atoms with Crippen LogP contribution in [0.25, 0.3) is 0 Å². The Bertz CT molecular complexity index is 654. The number of nitrogens with zero attached hydrogens (tertiary/aromatic N) is 3. The van der Waals surface area contributed by atoms with E-state index in [0.717, 1.165) is 41.9 Å². The Kier molecular flexibility index (Phi) is 6.40. The van der Waals surface area contributed by atoms with Gasteiger partial charge in [-0.2, -0.15) is 0 Å². The van der Waals surface area contributed by atoms with Gasteiger partial charge in [0, 0.05) is 26.0 Å². The molecule has 5 nitrogen and oxygen atoms in total. The van der Waals surface area contributed by atoms with Crippen LogP contribution >= 0.6 is 11.3 Å². The molecule has 2 rings (SSSR count). The minimum absolute atomic E-state index is 0.753. The molecule has 1 N–H and O–H groups in total. The maximum atomic E-state index is 5.25. The highest BCUT2D eigenvalue weighted by molar-refractivity contribution is 7.09. The summed E-state index contributed by atoms with van der Waals surface area (Å²) in [5, 5.41) is 6.58. The second-order valence-electron chi connectivity index (χ2n) is 5.29. The Morgan fingerprint density at radius 2 is 2.26 bits per heavy atom. The molecular formula is C17H24N4OS. The molecule has 0 saturated carbocycles. The number of guanidine groups is 1. The lowest BCUT2D eigenvalue weighted by Gasteiger charge is -2.21. The quantitative estimate of drug-likeness (QED) is 0.653. The zero-order valence-corrected chi connectivity index (χ0v) is 15.0. The van der Waals surface area contributed by atoms with E-state index in [2.05, 4.69) is 37.7 Å². The van der Waals surface area contributed by atoms with Crippen molar-refractivity contribution in [2.75, 3.05) is 27.7 Å². The summed E-state index contributed by atoms with van der Waals surface area (Å²) >= 11 is 1.67. The molecule has 1 heterocycles. The van der Waals surface area contributed by atoms with E-state index in [1.807, 2.05) is 26.1 Å². The van der Waals surface area contributed by atoms with Crippen molar-refractivity contribution in [3.8, 4) is 5.75 Å². The van der Waals surface area contributed by atoms with Gasteiger partial charge in [0.2, 0.25) is 0 Å². The molecule has 6 heteroatoms. The normalized spacial score (nSPS) is 11.4. The van der Waals surface area contributed by atoms with Gasteiger partial charge in [0.15, 0.2) is 5.96 Å². The number of aromatic nitrogens is 1. The van der Waals surface area contributed by atoms with Crippen LogP contribution in [0.15, 0.2) is 34.6 Å². The summed E-state index contributed by atoms with van der Waals surface area (Å²) in [5.41, 5.74) is 2.32. The number of hydrogen-bond donors (Lipinski definition) is 1. The lowest BCUT2D eigenvalue weighted by atomic mass is 10.1. The number of nitrogens with one attached hydrogen (secondary N) is 1. The molecule has 0 bridgehead atoms. The molecule has 2 aromatic rings. The molecule has 23 heavy (non-hydrogen) atoms. The number of benzene rings is 1. The number of ether oxygens (including phenoxy) is 1. The third kappa shape index (κ3) is 5.25. The summed E-state index contributed by atoms with van der Waals surface area (Å²) in [6.45, 7) is 3.60. The van der Waals surface area contributed by atoms with E-state index < -0.39 is 0 Å². The molecular weight excluding hydrogens is 308 g/mol. The molecule has 0 atom stereocenters. The van der Waals surface area contributed by atoms with Gasteiger partial charge >= 0.3 is 0 Å². The first-order valence-corrected chi connectivity index (χ1v) is 8.46. The molecule has 0 spiro atoms. The summed E-state index contributed by atoms with van der Waals surface area (Å²) in [7, 11) is 5.51. The predicted molar refractivity (Wildman–Crippen MR) is 96.4 cm³/mol. The van der Waals surface area contributed by atoms with Crippen LogP contribution in [0.4, 0.5) is 0 Å². The Morgan fingerprint density at radius 3 is 2.91 bits per heavy atom. The molecule has 0 saturated heterocycles. The molecule has 124 valence electrons. The fraction of sp³-hybridized carbons (Fsp3) is 0.412. The average Bonchev–Trinajstić information content (AvgIpc) is 2.96. The highest BCUT2D eigenvalue weighted by Gasteiger charge is 2.08. The van der Waals surface area contributed by atoms with Crippen molar-refractivity contribution < 1.29 is 4.74 Å². The second kappa shape index (κ2) is 8.53. The molecule has 0 aliphatic heterocycles. The van der Waals surface area contributed by atoms with Gasteiger partial charge in [-0.25, -0.2) is 4.98 Å². The van der Waals surface area contributed by atoms with Crippen LogP contribution in [0.5, 0.6) is 5.75 Å². The van der Waals surface area contributed by atoms with E-state index >= 15 is 0 Å². The Labute approximate surface area is 142 Å². The van der Waals surface area contributed by atoms with Crippen LogP contribution in [0.3, 0.4) is 0 Å². The van der Waals surface area contributed by atoms with Crippen molar-refractivity contribution in [2.45, 2.75) is 19.9 Å². The van der Waals surface area contributed by atoms with E-state index in [9.17, 15) is 0 Å². The topological polar surface area (TPSA) is 49.8 Å². The van der Waals surface area contributed by atoms with Crippen LogP contribution < -0.4 is 10.1 Å². The standard InChI is InChI=1S/C17H24N4OS/c1-13-20-15(12-23-13)11-21(3)17(18-2)19-9-8-14-6-5-7-16(10-14)22-4/h5-7,10,12H,8-9,11H2,1-4H3,(H,18,19). The largest absolute Gasteiger partial charge is 0.497 e. The van der Waals surface area contributed by atoms with Gasteiger partial charge in [0.25, 0.3) is 0 Å². The first-order valence-electron chi connectivity index (χ1n) is 7.58. The first kappa shape index (κ1) is 17.3. The molecule has 1 aromatic carbocycles. The monoisotopic (exact) mass is 332 g/mol. The van der Waals surface area contributed by atoms with Crippen LogP contribution in [0.2, 0.25) is 0 Å². The molecule has 0 fully saturated rings. The third-order valence-electron chi connectivity index (χ3n) is 3.47. The number of hydrogen-bond acceptors (Lipinski definition) is 4. The van der Waals surface area contributed by atoms with Gasteiger partial charge in [-0.3, -0.25) is 4.99 Å². The van der Waals surface area contributed by atoms with Gasteiger partial charge < -0.3 is 15.0 Å². The van der Waals surface area contributed by atoms with Crippen molar-refractivity contribution >= 4 is 17.3 Å². The summed E-state index contributed by atoms with van der Waals surface area (Å²) in [4.78, 5) is 10.9. The summed E-state index contributed by atoms with van der Waals surface area (Å²) in [5.74, 6) is 1.77. The lowest BCUT2D eigenvalue weighted by Crippen LogP contribution is -2.39. The highest BCUT2D eigenvalue weighted by atomic mass is 32.1. The molecule has 0 radical (unpaired) electrons. The van der Waals surface area contributed by atoms with Gasteiger partial charge in [-0.05, 0) is 31.0 Å². The lowest BCUT2D eigenvalue weighted by molar-refractivity contribution is 0.414. The number of thiazole rings is 1. The van der Waals surface area contributed by atoms with Crippen molar-refractivity contribution in [1.82, 2.24) is 15.2 Å². The molecule has 0 unspecified atom stereocenters. The molecule has 1 aromatic heterocycles. The minimum atomic E-state index is 0.753. The molecule has 0 aliphatic carbocycles. The minimum Gasteiger partial charge on any atom is -0.497 e. The third-order valence-corrected chi connectivity index (χ3v) is 4.29. The van der Waals surface area contributed by atoms with E-state index in [-0.39, 0.29) is 0 Å². The number of aliphatic imine (C=N–C) groups is 1. The van der Waals surface area contributed by atoms with E-state index in [1.165, 1.54) is 5.56 Å².